The van der Waals surface area contributed by atoms with Crippen LogP contribution in [0.4, 0.5) is 9.59 Å². The predicted octanol–water partition coefficient (Wildman–Crippen LogP) is 2.89. The van der Waals surface area contributed by atoms with Gasteiger partial charge in [0.2, 0.25) is 0 Å². The van der Waals surface area contributed by atoms with Crippen LogP contribution in [0.2, 0.25) is 0 Å². The van der Waals surface area contributed by atoms with E-state index < -0.39 is 29.8 Å². The highest BCUT2D eigenvalue weighted by molar-refractivity contribution is 5.84. The van der Waals surface area contributed by atoms with E-state index in [0.717, 1.165) is 5.56 Å². The van der Waals surface area contributed by atoms with Gasteiger partial charge in [-0.2, -0.15) is 5.26 Å². The Hall–Kier alpha value is -3.32. The average molecular weight is 461 g/mol. The third-order valence-corrected chi connectivity index (χ3v) is 5.13. The first-order valence-corrected chi connectivity index (χ1v) is 11.1. The molecule has 2 rings (SSSR count). The molecule has 1 heterocycles. The number of rotatable bonds is 9. The Morgan fingerprint density at radius 2 is 1.85 bits per heavy atom. The normalized spacial score (nSPS) is 16.2. The number of hydrogen-bond acceptors (Lipinski definition) is 8. The topological polar surface area (TPSA) is 130 Å². The number of carbonyl (C=O) groups excluding carboxylic acids is 3. The number of nitriles is 1. The van der Waals surface area contributed by atoms with Gasteiger partial charge in [-0.15, -0.1) is 5.06 Å². The summed E-state index contributed by atoms with van der Waals surface area (Å²) >= 11 is 0. The van der Waals surface area contributed by atoms with E-state index in [0.29, 0.717) is 6.42 Å². The highest BCUT2D eigenvalue weighted by Gasteiger charge is 2.39. The molecule has 1 aliphatic rings. The second kappa shape index (κ2) is 12.6. The molecule has 0 saturated carbocycles. The van der Waals surface area contributed by atoms with E-state index in [-0.39, 0.29) is 45.0 Å². The lowest BCUT2D eigenvalue weighted by molar-refractivity contribution is -0.148. The molecule has 10 nitrogen and oxygen atoms in total. The van der Waals surface area contributed by atoms with Crippen molar-refractivity contribution >= 4 is 18.2 Å². The standard InChI is InChI=1S/C23H32N4O6/c1-4-31-22(30)33-27-12-10-23(16-24,11-13-27)26-20(28)19(14-17(2)3)32-21(29)25-15-18-8-6-5-7-9-18/h5-9,17,19H,4,10-15H2,1-3H3,(H,25,29)(H,26,28). The molecule has 2 N–H and O–H groups in total. The molecule has 1 aliphatic heterocycles. The summed E-state index contributed by atoms with van der Waals surface area (Å²) in [5, 5.41) is 16.6. The number of alkyl carbamates (subject to hydrolysis) is 1. The number of hydrogen-bond donors (Lipinski definition) is 2. The van der Waals surface area contributed by atoms with Crippen LogP contribution in [0, 0.1) is 17.2 Å². The SMILES string of the molecule is CCOC(=O)ON1CCC(C#N)(NC(=O)C(CC(C)C)OC(=O)NCc2ccccc2)CC1. The lowest BCUT2D eigenvalue weighted by Crippen LogP contribution is -2.57. The number of amides is 2. The van der Waals surface area contributed by atoms with Crippen LogP contribution >= 0.6 is 0 Å². The van der Waals surface area contributed by atoms with Gasteiger partial charge in [0, 0.05) is 19.6 Å². The van der Waals surface area contributed by atoms with E-state index in [9.17, 15) is 19.6 Å². The van der Waals surface area contributed by atoms with E-state index in [1.54, 1.807) is 6.92 Å². The van der Waals surface area contributed by atoms with Crippen molar-refractivity contribution in [3.05, 3.63) is 35.9 Å². The van der Waals surface area contributed by atoms with Crippen molar-refractivity contribution in [1.29, 1.82) is 5.26 Å². The van der Waals surface area contributed by atoms with Crippen molar-refractivity contribution in [3.8, 4) is 6.07 Å². The highest BCUT2D eigenvalue weighted by atomic mass is 16.8. The summed E-state index contributed by atoms with van der Waals surface area (Å²) in [6.45, 7) is 6.47. The fourth-order valence-corrected chi connectivity index (χ4v) is 3.37. The van der Waals surface area contributed by atoms with Crippen molar-refractivity contribution in [2.75, 3.05) is 19.7 Å². The minimum atomic E-state index is -1.15. The number of benzene rings is 1. The average Bonchev–Trinajstić information content (AvgIpc) is 2.79. The Balaban J connectivity index is 1.93. The van der Waals surface area contributed by atoms with Gasteiger partial charge in [-0.1, -0.05) is 44.2 Å². The number of piperidine rings is 1. The van der Waals surface area contributed by atoms with Crippen LogP contribution in [-0.2, 0) is 25.7 Å². The van der Waals surface area contributed by atoms with Gasteiger partial charge in [0.05, 0.1) is 12.7 Å². The summed E-state index contributed by atoms with van der Waals surface area (Å²) in [5.41, 5.74) is -0.246. The zero-order valence-electron chi connectivity index (χ0n) is 19.3. The largest absolute Gasteiger partial charge is 0.527 e. The summed E-state index contributed by atoms with van der Waals surface area (Å²) in [7, 11) is 0. The third-order valence-electron chi connectivity index (χ3n) is 5.13. The van der Waals surface area contributed by atoms with E-state index in [2.05, 4.69) is 16.7 Å². The number of hydroxylamine groups is 2. The van der Waals surface area contributed by atoms with Gasteiger partial charge >= 0.3 is 12.2 Å². The molecule has 0 aromatic heterocycles. The van der Waals surface area contributed by atoms with Gasteiger partial charge in [0.15, 0.2) is 6.10 Å². The summed E-state index contributed by atoms with van der Waals surface area (Å²) in [4.78, 5) is 41.8. The molecule has 1 fully saturated rings. The van der Waals surface area contributed by atoms with Crippen LogP contribution < -0.4 is 10.6 Å². The molecule has 1 saturated heterocycles. The number of ether oxygens (including phenoxy) is 2. The molecule has 1 aromatic carbocycles. The minimum absolute atomic E-state index is 0.0838. The molecule has 0 bridgehead atoms. The van der Waals surface area contributed by atoms with Gasteiger partial charge in [-0.05, 0) is 37.7 Å². The predicted molar refractivity (Wildman–Crippen MR) is 118 cm³/mol. The molecule has 180 valence electrons. The summed E-state index contributed by atoms with van der Waals surface area (Å²) in [6, 6.07) is 11.5. The Morgan fingerprint density at radius 3 is 2.42 bits per heavy atom. The van der Waals surface area contributed by atoms with Crippen LogP contribution in [0.1, 0.15) is 45.6 Å². The Kier molecular flexibility index (Phi) is 9.94. The zero-order chi connectivity index (χ0) is 24.3. The molecule has 1 unspecified atom stereocenters. The van der Waals surface area contributed by atoms with Crippen molar-refractivity contribution in [2.45, 2.75) is 58.2 Å². The first-order valence-electron chi connectivity index (χ1n) is 11.1. The molecule has 33 heavy (non-hydrogen) atoms. The fourth-order valence-electron chi connectivity index (χ4n) is 3.37. The Labute approximate surface area is 194 Å². The van der Waals surface area contributed by atoms with Gasteiger partial charge in [-0.25, -0.2) is 9.59 Å². The summed E-state index contributed by atoms with van der Waals surface area (Å²) in [5.74, 6) is -0.444. The van der Waals surface area contributed by atoms with Crippen LogP contribution in [-0.4, -0.2) is 54.6 Å². The number of carbonyl (C=O) groups is 3. The summed E-state index contributed by atoms with van der Waals surface area (Å²) in [6.07, 6.45) is -1.77. The molecule has 1 aromatic rings. The van der Waals surface area contributed by atoms with Crippen molar-refractivity contribution < 1.29 is 28.7 Å². The van der Waals surface area contributed by atoms with Crippen LogP contribution in [0.3, 0.4) is 0 Å². The second-order valence-electron chi connectivity index (χ2n) is 8.25. The molecule has 0 radical (unpaired) electrons. The molecule has 2 amide bonds. The molecule has 0 spiro atoms. The van der Waals surface area contributed by atoms with Gasteiger partial charge in [-0.3, -0.25) is 4.79 Å². The van der Waals surface area contributed by atoms with E-state index in [1.165, 1.54) is 5.06 Å². The zero-order valence-corrected chi connectivity index (χ0v) is 19.3. The van der Waals surface area contributed by atoms with E-state index in [4.69, 9.17) is 14.3 Å². The third kappa shape index (κ3) is 8.61. The van der Waals surface area contributed by atoms with E-state index in [1.807, 2.05) is 44.2 Å². The first-order chi connectivity index (χ1) is 15.8. The Morgan fingerprint density at radius 1 is 1.18 bits per heavy atom. The maximum Gasteiger partial charge on any atom is 0.527 e. The fraction of sp³-hybridized carbons (Fsp3) is 0.565. The van der Waals surface area contributed by atoms with Gasteiger partial charge in [0.1, 0.15) is 5.54 Å². The van der Waals surface area contributed by atoms with Crippen LogP contribution in [0.15, 0.2) is 30.3 Å². The smallest absolute Gasteiger partial charge is 0.436 e. The van der Waals surface area contributed by atoms with Gasteiger partial charge in [0.25, 0.3) is 5.91 Å². The molecule has 0 aliphatic carbocycles. The lowest BCUT2D eigenvalue weighted by Gasteiger charge is -2.37. The Bertz CT molecular complexity index is 831. The first kappa shape index (κ1) is 25.9. The number of nitrogens with zero attached hydrogens (tertiary/aromatic N) is 2. The van der Waals surface area contributed by atoms with Crippen molar-refractivity contribution in [3.63, 3.8) is 0 Å². The quantitative estimate of drug-likeness (QED) is 0.538. The highest BCUT2D eigenvalue weighted by Crippen LogP contribution is 2.23. The van der Waals surface area contributed by atoms with Crippen LogP contribution in [0.5, 0.6) is 0 Å². The maximum atomic E-state index is 13.0. The molecular formula is C23H32N4O6. The molecular weight excluding hydrogens is 428 g/mol. The van der Waals surface area contributed by atoms with E-state index >= 15 is 0 Å². The molecule has 1 atom stereocenters. The molecule has 10 heteroatoms. The second-order valence-corrected chi connectivity index (χ2v) is 8.25. The number of nitrogens with one attached hydrogen (secondary N) is 2. The van der Waals surface area contributed by atoms with Gasteiger partial charge < -0.3 is 24.9 Å². The van der Waals surface area contributed by atoms with Crippen molar-refractivity contribution in [1.82, 2.24) is 15.7 Å². The monoisotopic (exact) mass is 460 g/mol. The maximum absolute atomic E-state index is 13.0. The summed E-state index contributed by atoms with van der Waals surface area (Å²) < 4.78 is 10.2. The van der Waals surface area contributed by atoms with Crippen LogP contribution in [0.25, 0.3) is 0 Å². The van der Waals surface area contributed by atoms with Crippen molar-refractivity contribution in [2.24, 2.45) is 5.92 Å². The lowest BCUT2D eigenvalue weighted by atomic mass is 9.89. The minimum Gasteiger partial charge on any atom is -0.436 e.